The highest BCUT2D eigenvalue weighted by atomic mass is 14.8. The molecule has 1 aromatic heterocycles. The molecule has 0 aliphatic rings. The summed E-state index contributed by atoms with van der Waals surface area (Å²) in [6.45, 7) is 8.23. The molecule has 0 saturated carbocycles. The van der Waals surface area contributed by atoms with E-state index in [0.29, 0.717) is 0 Å². The van der Waals surface area contributed by atoms with E-state index in [2.05, 4.69) is 47.7 Å². The minimum atomic E-state index is 1.04. The Hall–Kier alpha value is -1.28. The van der Waals surface area contributed by atoms with E-state index in [1.807, 2.05) is 13.8 Å². The number of aromatic nitrogens is 1. The Labute approximate surface area is 98.1 Å². The van der Waals surface area contributed by atoms with Crippen LogP contribution in [0.1, 0.15) is 26.3 Å². The lowest BCUT2D eigenvalue weighted by molar-refractivity contribution is 0.718. The van der Waals surface area contributed by atoms with E-state index < -0.39 is 0 Å². The summed E-state index contributed by atoms with van der Waals surface area (Å²) in [5.74, 6) is 0. The quantitative estimate of drug-likeness (QED) is 0.757. The average molecular weight is 218 g/mol. The van der Waals surface area contributed by atoms with Crippen molar-refractivity contribution >= 4 is 10.9 Å². The van der Waals surface area contributed by atoms with Crippen LogP contribution in [0.15, 0.2) is 30.5 Å². The summed E-state index contributed by atoms with van der Waals surface area (Å²) in [6, 6.07) is 8.44. The monoisotopic (exact) mass is 218 g/mol. The molecule has 0 unspecified atom stereocenters. The maximum Gasteiger partial charge on any atom is 0.0456 e. The first-order valence-corrected chi connectivity index (χ1v) is 6.17. The van der Waals surface area contributed by atoms with Crippen LogP contribution in [0.3, 0.4) is 0 Å². The lowest BCUT2D eigenvalue weighted by Gasteiger charge is -1.99. The van der Waals surface area contributed by atoms with Gasteiger partial charge in [0.25, 0.3) is 0 Å². The second-order valence-electron chi connectivity index (χ2n) is 3.46. The van der Waals surface area contributed by atoms with Gasteiger partial charge in [0, 0.05) is 17.1 Å². The van der Waals surface area contributed by atoms with Crippen molar-refractivity contribution in [2.45, 2.75) is 27.2 Å². The first-order valence-electron chi connectivity index (χ1n) is 6.17. The van der Waals surface area contributed by atoms with E-state index in [4.69, 9.17) is 0 Å². The number of nitrogens with one attached hydrogen (secondary N) is 2. The third-order valence-electron chi connectivity index (χ3n) is 2.50. The summed E-state index contributed by atoms with van der Waals surface area (Å²) >= 11 is 0. The summed E-state index contributed by atoms with van der Waals surface area (Å²) in [5, 5.41) is 4.69. The molecule has 88 valence electrons. The lowest BCUT2D eigenvalue weighted by Crippen LogP contribution is -2.15. The molecule has 0 aliphatic heterocycles. The fourth-order valence-corrected chi connectivity index (χ4v) is 1.74. The molecule has 1 aromatic carbocycles. The van der Waals surface area contributed by atoms with E-state index in [1.54, 1.807) is 0 Å². The van der Waals surface area contributed by atoms with Crippen LogP contribution in [0.4, 0.5) is 0 Å². The minimum absolute atomic E-state index is 1.04. The van der Waals surface area contributed by atoms with Crippen LogP contribution in [-0.2, 0) is 6.42 Å². The van der Waals surface area contributed by atoms with Crippen molar-refractivity contribution in [2.75, 3.05) is 13.1 Å². The summed E-state index contributed by atoms with van der Waals surface area (Å²) in [7, 11) is 0. The maximum absolute atomic E-state index is 3.34. The Bertz CT molecular complexity index is 404. The molecular formula is C14H22N2. The summed E-state index contributed by atoms with van der Waals surface area (Å²) in [6.07, 6.45) is 3.21. The van der Waals surface area contributed by atoms with Gasteiger partial charge in [0.2, 0.25) is 0 Å². The zero-order valence-electron chi connectivity index (χ0n) is 10.5. The number of hydrogen-bond acceptors (Lipinski definition) is 1. The Morgan fingerprint density at radius 1 is 1.19 bits per heavy atom. The van der Waals surface area contributed by atoms with Crippen molar-refractivity contribution in [3.8, 4) is 0 Å². The molecule has 2 nitrogen and oxygen atoms in total. The van der Waals surface area contributed by atoms with Gasteiger partial charge in [0.05, 0.1) is 0 Å². The van der Waals surface area contributed by atoms with Gasteiger partial charge in [-0.2, -0.15) is 0 Å². The predicted molar refractivity (Wildman–Crippen MR) is 71.9 cm³/mol. The Morgan fingerprint density at radius 2 is 1.94 bits per heavy atom. The van der Waals surface area contributed by atoms with Crippen molar-refractivity contribution in [2.24, 2.45) is 0 Å². The van der Waals surface area contributed by atoms with E-state index in [0.717, 1.165) is 19.5 Å². The molecule has 1 heterocycles. The Kier molecular flexibility index (Phi) is 5.65. The van der Waals surface area contributed by atoms with Crippen LogP contribution >= 0.6 is 0 Å². The number of benzene rings is 1. The van der Waals surface area contributed by atoms with Crippen LogP contribution in [-0.4, -0.2) is 18.1 Å². The fourth-order valence-electron chi connectivity index (χ4n) is 1.74. The van der Waals surface area contributed by atoms with Crippen LogP contribution < -0.4 is 5.32 Å². The normalized spacial score (nSPS) is 9.94. The Morgan fingerprint density at radius 3 is 2.69 bits per heavy atom. The molecule has 0 aliphatic carbocycles. The first kappa shape index (κ1) is 12.8. The van der Waals surface area contributed by atoms with Crippen molar-refractivity contribution < 1.29 is 0 Å². The molecule has 2 heteroatoms. The first-order chi connectivity index (χ1) is 7.92. The van der Waals surface area contributed by atoms with Gasteiger partial charge < -0.3 is 10.3 Å². The van der Waals surface area contributed by atoms with Crippen LogP contribution in [0.25, 0.3) is 10.9 Å². The van der Waals surface area contributed by atoms with Gasteiger partial charge in [0.1, 0.15) is 0 Å². The third-order valence-corrected chi connectivity index (χ3v) is 2.50. The second-order valence-corrected chi connectivity index (χ2v) is 3.46. The molecule has 2 aromatic rings. The van der Waals surface area contributed by atoms with Crippen LogP contribution in [0, 0.1) is 0 Å². The second kappa shape index (κ2) is 7.07. The largest absolute Gasteiger partial charge is 0.361 e. The number of likely N-dealkylation sites (N-methyl/N-ethyl adjacent to an activating group) is 1. The van der Waals surface area contributed by atoms with Gasteiger partial charge in [-0.3, -0.25) is 0 Å². The number of para-hydroxylation sites is 1. The number of hydrogen-bond donors (Lipinski definition) is 2. The van der Waals surface area contributed by atoms with Gasteiger partial charge in [-0.05, 0) is 31.1 Å². The summed E-state index contributed by atoms with van der Waals surface area (Å²) in [5.41, 5.74) is 2.64. The zero-order valence-corrected chi connectivity index (χ0v) is 10.5. The van der Waals surface area contributed by atoms with Gasteiger partial charge in [-0.25, -0.2) is 0 Å². The maximum atomic E-state index is 3.34. The number of H-pyrrole nitrogens is 1. The van der Waals surface area contributed by atoms with Gasteiger partial charge in [-0.15, -0.1) is 0 Å². The van der Waals surface area contributed by atoms with Crippen LogP contribution in [0.2, 0.25) is 0 Å². The van der Waals surface area contributed by atoms with Crippen molar-refractivity contribution in [3.05, 3.63) is 36.0 Å². The standard InChI is InChI=1S/C12H16N2.C2H6/c1-2-13-8-7-10-9-14-12-6-4-3-5-11(10)12;1-2/h3-6,9,13-14H,2,7-8H2,1H3;1-2H3. The Balaban J connectivity index is 0.000000606. The molecule has 0 spiro atoms. The van der Waals surface area contributed by atoms with E-state index >= 15 is 0 Å². The van der Waals surface area contributed by atoms with Crippen molar-refractivity contribution in [1.29, 1.82) is 0 Å². The molecule has 0 amide bonds. The van der Waals surface area contributed by atoms with Crippen molar-refractivity contribution in [3.63, 3.8) is 0 Å². The smallest absolute Gasteiger partial charge is 0.0456 e. The van der Waals surface area contributed by atoms with Gasteiger partial charge >= 0.3 is 0 Å². The highest BCUT2D eigenvalue weighted by Gasteiger charge is 2.00. The van der Waals surface area contributed by atoms with Crippen molar-refractivity contribution in [1.82, 2.24) is 10.3 Å². The molecule has 0 fully saturated rings. The topological polar surface area (TPSA) is 27.8 Å². The number of fused-ring (bicyclic) bond motifs is 1. The van der Waals surface area contributed by atoms with E-state index in [-0.39, 0.29) is 0 Å². The summed E-state index contributed by atoms with van der Waals surface area (Å²) < 4.78 is 0. The summed E-state index contributed by atoms with van der Waals surface area (Å²) in [4.78, 5) is 3.29. The minimum Gasteiger partial charge on any atom is -0.361 e. The third kappa shape index (κ3) is 3.11. The molecule has 0 saturated heterocycles. The molecular weight excluding hydrogens is 196 g/mol. The molecule has 0 radical (unpaired) electrons. The molecule has 0 bridgehead atoms. The highest BCUT2D eigenvalue weighted by molar-refractivity contribution is 5.83. The predicted octanol–water partition coefficient (Wildman–Crippen LogP) is 3.35. The van der Waals surface area contributed by atoms with Gasteiger partial charge in [0.15, 0.2) is 0 Å². The number of rotatable bonds is 4. The molecule has 2 rings (SSSR count). The fraction of sp³-hybridized carbons (Fsp3) is 0.429. The lowest BCUT2D eigenvalue weighted by atomic mass is 10.1. The zero-order chi connectivity index (χ0) is 11.8. The molecule has 2 N–H and O–H groups in total. The SMILES string of the molecule is CC.CCNCCc1c[nH]c2ccccc12. The molecule has 16 heavy (non-hydrogen) atoms. The average Bonchev–Trinajstić information content (AvgIpc) is 2.76. The van der Waals surface area contributed by atoms with E-state index in [9.17, 15) is 0 Å². The molecule has 0 atom stereocenters. The van der Waals surface area contributed by atoms with Crippen LogP contribution in [0.5, 0.6) is 0 Å². The highest BCUT2D eigenvalue weighted by Crippen LogP contribution is 2.17. The van der Waals surface area contributed by atoms with E-state index in [1.165, 1.54) is 16.5 Å². The van der Waals surface area contributed by atoms with Gasteiger partial charge in [-0.1, -0.05) is 39.0 Å². The number of aromatic amines is 1.